The number of amides is 3. The highest BCUT2D eigenvalue weighted by molar-refractivity contribution is 5.92. The summed E-state index contributed by atoms with van der Waals surface area (Å²) in [6.45, 7) is 7.06. The molecule has 0 aromatic heterocycles. The predicted octanol–water partition coefficient (Wildman–Crippen LogP) is 3.69. The van der Waals surface area contributed by atoms with Crippen LogP contribution in [0, 0.1) is 0 Å². The first-order valence-electron chi connectivity index (χ1n) is 15.1. The Labute approximate surface area is 257 Å². The Balaban J connectivity index is 1.29. The van der Waals surface area contributed by atoms with E-state index in [2.05, 4.69) is 10.6 Å². The molecule has 0 saturated carbocycles. The molecule has 3 amide bonds. The van der Waals surface area contributed by atoms with E-state index >= 15 is 0 Å². The van der Waals surface area contributed by atoms with Crippen LogP contribution >= 0.6 is 0 Å². The van der Waals surface area contributed by atoms with Crippen molar-refractivity contribution in [2.24, 2.45) is 0 Å². The molecule has 1 aliphatic carbocycles. The highest BCUT2D eigenvalue weighted by Gasteiger charge is 2.36. The summed E-state index contributed by atoms with van der Waals surface area (Å²) in [5.41, 5.74) is 3.70. The van der Waals surface area contributed by atoms with Gasteiger partial charge in [-0.3, -0.25) is 14.4 Å². The topological polar surface area (TPSA) is 140 Å². The number of likely N-dealkylation sites (tertiary alicyclic amines) is 1. The third-order valence-corrected chi connectivity index (χ3v) is 7.55. The van der Waals surface area contributed by atoms with Crippen LogP contribution in [0.4, 0.5) is 4.79 Å². The maximum atomic E-state index is 13.2. The van der Waals surface area contributed by atoms with Crippen LogP contribution in [0.1, 0.15) is 70.4 Å². The summed E-state index contributed by atoms with van der Waals surface area (Å²) in [7, 11) is 0. The third-order valence-electron chi connectivity index (χ3n) is 7.55. The molecule has 0 unspecified atom stereocenters. The van der Waals surface area contributed by atoms with Gasteiger partial charge in [0.15, 0.2) is 0 Å². The number of carbonyl (C=O) groups excluding carboxylic acids is 5. The molecule has 2 aromatic rings. The van der Waals surface area contributed by atoms with Crippen LogP contribution in [0.25, 0.3) is 11.1 Å². The second-order valence-electron chi connectivity index (χ2n) is 11.9. The van der Waals surface area contributed by atoms with E-state index in [-0.39, 0.29) is 38.5 Å². The Kier molecular flexibility index (Phi) is 10.6. The van der Waals surface area contributed by atoms with Crippen LogP contribution in [0.2, 0.25) is 0 Å². The fraction of sp³-hybridized carbons (Fsp3) is 0.485. The molecular weight excluding hydrogens is 566 g/mol. The van der Waals surface area contributed by atoms with Crippen LogP contribution in [0.3, 0.4) is 0 Å². The molecule has 1 heterocycles. The van der Waals surface area contributed by atoms with Gasteiger partial charge < -0.3 is 29.7 Å². The normalized spacial score (nSPS) is 16.4. The summed E-state index contributed by atoms with van der Waals surface area (Å²) in [4.78, 5) is 65.0. The van der Waals surface area contributed by atoms with Crippen molar-refractivity contribution in [3.05, 3.63) is 59.7 Å². The van der Waals surface area contributed by atoms with Gasteiger partial charge in [-0.15, -0.1) is 0 Å². The van der Waals surface area contributed by atoms with Crippen molar-refractivity contribution in [2.45, 2.75) is 77.0 Å². The molecule has 1 aliphatic heterocycles. The van der Waals surface area contributed by atoms with Gasteiger partial charge in [-0.05, 0) is 69.2 Å². The molecule has 11 nitrogen and oxygen atoms in total. The van der Waals surface area contributed by atoms with E-state index in [0.717, 1.165) is 22.3 Å². The Morgan fingerprint density at radius 1 is 0.955 bits per heavy atom. The minimum absolute atomic E-state index is 0.0104. The number of fused-ring (bicyclic) bond motifs is 3. The number of alkyl carbamates (subject to hydrolysis) is 1. The van der Waals surface area contributed by atoms with E-state index in [9.17, 15) is 24.0 Å². The minimum atomic E-state index is -1.08. The first-order valence-corrected chi connectivity index (χ1v) is 15.1. The van der Waals surface area contributed by atoms with Crippen LogP contribution < -0.4 is 10.6 Å². The van der Waals surface area contributed by atoms with Crippen LogP contribution in [-0.2, 0) is 33.4 Å². The number of nitrogens with zero attached hydrogens (tertiary/aromatic N) is 1. The molecule has 1 saturated heterocycles. The van der Waals surface area contributed by atoms with Crippen molar-refractivity contribution in [1.29, 1.82) is 0 Å². The van der Waals surface area contributed by atoms with E-state index in [4.69, 9.17) is 14.2 Å². The highest BCUT2D eigenvalue weighted by atomic mass is 16.6. The molecule has 0 bridgehead atoms. The predicted molar refractivity (Wildman–Crippen MR) is 161 cm³/mol. The smallest absolute Gasteiger partial charge is 0.407 e. The summed E-state index contributed by atoms with van der Waals surface area (Å²) in [5, 5.41) is 5.16. The lowest BCUT2D eigenvalue weighted by molar-refractivity contribution is -0.155. The van der Waals surface area contributed by atoms with Crippen molar-refractivity contribution in [1.82, 2.24) is 15.5 Å². The molecule has 4 rings (SSSR count). The average molecular weight is 608 g/mol. The largest absolute Gasteiger partial charge is 0.464 e. The van der Waals surface area contributed by atoms with Crippen LogP contribution in [0.15, 0.2) is 48.5 Å². The van der Waals surface area contributed by atoms with Crippen LogP contribution in [0.5, 0.6) is 0 Å². The van der Waals surface area contributed by atoms with Gasteiger partial charge >= 0.3 is 18.0 Å². The molecular formula is C33H41N3O8. The SMILES string of the molecule is CCOC(=O)[C@H](CCC(=O)OC(C)(C)C)NC(=O)[C@@H]1CCCN1C(=O)CNC(=O)OCC1c2ccccc2-c2ccccc21. The Morgan fingerprint density at radius 3 is 2.20 bits per heavy atom. The van der Waals surface area contributed by atoms with Crippen molar-refractivity contribution in [3.63, 3.8) is 0 Å². The summed E-state index contributed by atoms with van der Waals surface area (Å²) >= 11 is 0. The quantitative estimate of drug-likeness (QED) is 0.291. The number of hydrogen-bond donors (Lipinski definition) is 2. The maximum absolute atomic E-state index is 13.2. The first-order chi connectivity index (χ1) is 21.0. The van der Waals surface area contributed by atoms with Crippen molar-refractivity contribution < 1.29 is 38.2 Å². The van der Waals surface area contributed by atoms with E-state index < -0.39 is 47.5 Å². The molecule has 2 aliphatic rings. The maximum Gasteiger partial charge on any atom is 0.407 e. The molecule has 2 aromatic carbocycles. The van der Waals surface area contributed by atoms with Gasteiger partial charge in [0.05, 0.1) is 6.61 Å². The van der Waals surface area contributed by atoms with Gasteiger partial charge in [-0.2, -0.15) is 0 Å². The number of rotatable bonds is 11. The minimum Gasteiger partial charge on any atom is -0.464 e. The fourth-order valence-corrected chi connectivity index (χ4v) is 5.65. The lowest BCUT2D eigenvalue weighted by Crippen LogP contribution is -2.52. The molecule has 11 heteroatoms. The molecule has 0 radical (unpaired) electrons. The van der Waals surface area contributed by atoms with Gasteiger partial charge in [-0.1, -0.05) is 48.5 Å². The third kappa shape index (κ3) is 8.15. The number of hydrogen-bond acceptors (Lipinski definition) is 8. The zero-order valence-electron chi connectivity index (χ0n) is 25.7. The number of benzene rings is 2. The highest BCUT2D eigenvalue weighted by Crippen LogP contribution is 2.44. The first kappa shape index (κ1) is 32.5. The van der Waals surface area contributed by atoms with E-state index in [0.29, 0.717) is 19.4 Å². The summed E-state index contributed by atoms with van der Waals surface area (Å²) in [6.07, 6.45) is 0.132. The zero-order valence-corrected chi connectivity index (χ0v) is 25.7. The van der Waals surface area contributed by atoms with Gasteiger partial charge in [0.25, 0.3) is 0 Å². The number of carbonyl (C=O) groups is 5. The summed E-state index contributed by atoms with van der Waals surface area (Å²) < 4.78 is 15.9. The van der Waals surface area contributed by atoms with Gasteiger partial charge in [0, 0.05) is 18.9 Å². The van der Waals surface area contributed by atoms with Crippen molar-refractivity contribution >= 4 is 29.8 Å². The van der Waals surface area contributed by atoms with E-state index in [1.54, 1.807) is 27.7 Å². The standard InChI is InChI=1S/C33H41N3O8/c1-5-42-31(40)26(16-17-29(38)44-33(2,3)4)35-30(39)27-15-10-18-36(27)28(37)19-34-32(41)43-20-25-23-13-8-6-11-21(23)22-12-7-9-14-24(22)25/h6-9,11-14,25-27H,5,10,15-20H2,1-4H3,(H,34,41)(H,35,39)/t26-,27-/m0/s1. The second-order valence-corrected chi connectivity index (χ2v) is 11.9. The van der Waals surface area contributed by atoms with Gasteiger partial charge in [0.1, 0.15) is 30.8 Å². The van der Waals surface area contributed by atoms with Crippen molar-refractivity contribution in [2.75, 3.05) is 26.3 Å². The number of esters is 2. The lowest BCUT2D eigenvalue weighted by Gasteiger charge is -2.26. The molecule has 0 spiro atoms. The fourth-order valence-electron chi connectivity index (χ4n) is 5.65. The zero-order chi connectivity index (χ0) is 31.9. The monoisotopic (exact) mass is 607 g/mol. The summed E-state index contributed by atoms with van der Waals surface area (Å²) in [6, 6.07) is 14.1. The van der Waals surface area contributed by atoms with Gasteiger partial charge in [-0.25, -0.2) is 9.59 Å². The lowest BCUT2D eigenvalue weighted by atomic mass is 9.98. The van der Waals surface area contributed by atoms with Gasteiger partial charge in [0.2, 0.25) is 11.8 Å². The molecule has 1 fully saturated rings. The molecule has 2 atom stereocenters. The van der Waals surface area contributed by atoms with Crippen LogP contribution in [-0.4, -0.2) is 78.7 Å². The average Bonchev–Trinajstić information content (AvgIpc) is 3.60. The Bertz CT molecular complexity index is 1340. The van der Waals surface area contributed by atoms with E-state index in [1.807, 2.05) is 48.5 Å². The molecule has 44 heavy (non-hydrogen) atoms. The number of nitrogens with one attached hydrogen (secondary N) is 2. The molecule has 2 N–H and O–H groups in total. The van der Waals surface area contributed by atoms with Crippen molar-refractivity contribution in [3.8, 4) is 11.1 Å². The second kappa shape index (κ2) is 14.4. The summed E-state index contributed by atoms with van der Waals surface area (Å²) in [5.74, 6) is -2.26. The Hall–Kier alpha value is -4.41. The van der Waals surface area contributed by atoms with E-state index in [1.165, 1.54) is 4.90 Å². The Morgan fingerprint density at radius 2 is 1.59 bits per heavy atom. The number of ether oxygens (including phenoxy) is 3. The molecule has 236 valence electrons.